The second kappa shape index (κ2) is 7.03. The van der Waals surface area contributed by atoms with Gasteiger partial charge in [0.1, 0.15) is 11.3 Å². The van der Waals surface area contributed by atoms with Gasteiger partial charge in [-0.3, -0.25) is 4.79 Å². The second-order valence-corrected chi connectivity index (χ2v) is 4.72. The van der Waals surface area contributed by atoms with Crippen LogP contribution in [0.4, 0.5) is 18.9 Å². The average Bonchev–Trinajstić information content (AvgIpc) is 2.52. The summed E-state index contributed by atoms with van der Waals surface area (Å²) in [6, 6.07) is 9.87. The minimum absolute atomic E-state index is 0.0100. The Bertz CT molecular complexity index is 759. The molecule has 0 aliphatic rings. The van der Waals surface area contributed by atoms with Gasteiger partial charge in [0.15, 0.2) is 6.61 Å². The molecule has 126 valence electrons. The number of ether oxygens (including phenoxy) is 1. The fourth-order valence-electron chi connectivity index (χ4n) is 1.88. The number of nitrogens with one attached hydrogen (secondary N) is 1. The van der Waals surface area contributed by atoms with Gasteiger partial charge >= 0.3 is 12.1 Å². The summed E-state index contributed by atoms with van der Waals surface area (Å²) in [6.45, 7) is -0.541. The standard InChI is InChI=1S/C16H12F3NO4/c17-16(18,19)10-4-3-5-11(8-10)20-14(21)9-24-13-7-2-1-6-12(13)15(22)23/h1-8H,9H2,(H,20,21)(H,22,23). The number of hydrogen-bond donors (Lipinski definition) is 2. The molecule has 0 unspecified atom stereocenters. The van der Waals surface area contributed by atoms with Crippen molar-refractivity contribution in [1.29, 1.82) is 0 Å². The molecule has 0 atom stereocenters. The fourth-order valence-corrected chi connectivity index (χ4v) is 1.88. The normalized spacial score (nSPS) is 11.0. The molecule has 0 spiro atoms. The van der Waals surface area contributed by atoms with Crippen molar-refractivity contribution in [3.8, 4) is 5.75 Å². The van der Waals surface area contributed by atoms with Crippen LogP contribution in [0.25, 0.3) is 0 Å². The Morgan fingerprint density at radius 2 is 1.79 bits per heavy atom. The first-order valence-electron chi connectivity index (χ1n) is 6.69. The SMILES string of the molecule is O=C(COc1ccccc1C(=O)O)Nc1cccc(C(F)(F)F)c1. The van der Waals surface area contributed by atoms with E-state index in [2.05, 4.69) is 5.32 Å². The highest BCUT2D eigenvalue weighted by molar-refractivity contribution is 5.93. The number of carbonyl (C=O) groups is 2. The van der Waals surface area contributed by atoms with Gasteiger partial charge in [-0.15, -0.1) is 0 Å². The molecule has 1 amide bonds. The molecule has 0 aliphatic carbocycles. The first-order valence-corrected chi connectivity index (χ1v) is 6.69. The molecule has 0 saturated heterocycles. The smallest absolute Gasteiger partial charge is 0.416 e. The molecule has 5 nitrogen and oxygen atoms in total. The summed E-state index contributed by atoms with van der Waals surface area (Å²) >= 11 is 0. The molecule has 24 heavy (non-hydrogen) atoms. The molecule has 0 saturated carbocycles. The maximum Gasteiger partial charge on any atom is 0.416 e. The Labute approximate surface area is 134 Å². The van der Waals surface area contributed by atoms with Crippen LogP contribution in [0.2, 0.25) is 0 Å². The molecule has 2 N–H and O–H groups in total. The first-order chi connectivity index (χ1) is 11.3. The highest BCUT2D eigenvalue weighted by Crippen LogP contribution is 2.30. The van der Waals surface area contributed by atoms with Crippen molar-refractivity contribution in [1.82, 2.24) is 0 Å². The van der Waals surface area contributed by atoms with Gasteiger partial charge < -0.3 is 15.2 Å². The van der Waals surface area contributed by atoms with E-state index in [1.54, 1.807) is 0 Å². The number of para-hydroxylation sites is 1. The lowest BCUT2D eigenvalue weighted by Crippen LogP contribution is -2.21. The zero-order chi connectivity index (χ0) is 17.7. The summed E-state index contributed by atoms with van der Waals surface area (Å²) in [5.74, 6) is -1.94. The van der Waals surface area contributed by atoms with Crippen molar-refractivity contribution in [3.05, 3.63) is 59.7 Å². The van der Waals surface area contributed by atoms with Crippen LogP contribution in [0.3, 0.4) is 0 Å². The van der Waals surface area contributed by atoms with Gasteiger partial charge in [-0.05, 0) is 30.3 Å². The number of carboxylic acid groups (broad SMARTS) is 1. The van der Waals surface area contributed by atoms with Gasteiger partial charge in [0.05, 0.1) is 5.56 Å². The molecule has 0 radical (unpaired) electrons. The molecule has 0 heterocycles. The Morgan fingerprint density at radius 3 is 2.46 bits per heavy atom. The number of aromatic carboxylic acids is 1. The van der Waals surface area contributed by atoms with Gasteiger partial charge in [0.25, 0.3) is 5.91 Å². The summed E-state index contributed by atoms with van der Waals surface area (Å²) in [6.07, 6.45) is -4.52. The Kier molecular flexibility index (Phi) is 5.08. The Morgan fingerprint density at radius 1 is 1.08 bits per heavy atom. The zero-order valence-electron chi connectivity index (χ0n) is 12.1. The number of benzene rings is 2. The molecule has 0 fully saturated rings. The zero-order valence-corrected chi connectivity index (χ0v) is 12.1. The minimum atomic E-state index is -4.52. The van der Waals surface area contributed by atoms with Gasteiger partial charge in [0, 0.05) is 5.69 Å². The molecule has 0 bridgehead atoms. The van der Waals surface area contributed by atoms with E-state index in [0.29, 0.717) is 0 Å². The van der Waals surface area contributed by atoms with Crippen LogP contribution < -0.4 is 10.1 Å². The first kappa shape index (κ1) is 17.3. The van der Waals surface area contributed by atoms with E-state index in [0.717, 1.165) is 12.1 Å². The monoisotopic (exact) mass is 339 g/mol. The topological polar surface area (TPSA) is 75.6 Å². The van der Waals surface area contributed by atoms with Crippen molar-refractivity contribution >= 4 is 17.6 Å². The molecule has 0 aliphatic heterocycles. The lowest BCUT2D eigenvalue weighted by Gasteiger charge is -2.11. The van der Waals surface area contributed by atoms with E-state index in [9.17, 15) is 22.8 Å². The van der Waals surface area contributed by atoms with E-state index in [4.69, 9.17) is 9.84 Å². The third-order valence-corrected chi connectivity index (χ3v) is 2.95. The Hall–Kier alpha value is -3.03. The molecule has 2 rings (SSSR count). The number of carboxylic acids is 1. The third-order valence-electron chi connectivity index (χ3n) is 2.95. The molecule has 2 aromatic rings. The van der Waals surface area contributed by atoms with E-state index in [-0.39, 0.29) is 17.0 Å². The summed E-state index contributed by atoms with van der Waals surface area (Å²) in [5, 5.41) is 11.2. The van der Waals surface area contributed by atoms with Crippen LogP contribution in [-0.4, -0.2) is 23.6 Å². The van der Waals surface area contributed by atoms with Gasteiger partial charge in [0.2, 0.25) is 0 Å². The van der Waals surface area contributed by atoms with Crippen LogP contribution in [0.15, 0.2) is 48.5 Å². The summed E-state index contributed by atoms with van der Waals surface area (Å²) in [5.41, 5.74) is -1.05. The van der Waals surface area contributed by atoms with E-state index < -0.39 is 30.2 Å². The third kappa shape index (κ3) is 4.48. The van der Waals surface area contributed by atoms with E-state index >= 15 is 0 Å². The highest BCUT2D eigenvalue weighted by Gasteiger charge is 2.30. The maximum absolute atomic E-state index is 12.6. The largest absolute Gasteiger partial charge is 0.483 e. The van der Waals surface area contributed by atoms with Crippen molar-refractivity contribution in [3.63, 3.8) is 0 Å². The molecule has 0 aromatic heterocycles. The second-order valence-electron chi connectivity index (χ2n) is 4.72. The van der Waals surface area contributed by atoms with E-state index in [1.165, 1.54) is 36.4 Å². The summed E-state index contributed by atoms with van der Waals surface area (Å²) < 4.78 is 42.9. The van der Waals surface area contributed by atoms with Crippen LogP contribution in [0.5, 0.6) is 5.75 Å². The molecular weight excluding hydrogens is 327 g/mol. The number of halogens is 3. The summed E-state index contributed by atoms with van der Waals surface area (Å²) in [7, 11) is 0. The molecular formula is C16H12F3NO4. The lowest BCUT2D eigenvalue weighted by atomic mass is 10.2. The van der Waals surface area contributed by atoms with Gasteiger partial charge in [-0.1, -0.05) is 18.2 Å². The van der Waals surface area contributed by atoms with Gasteiger partial charge in [-0.2, -0.15) is 13.2 Å². The van der Waals surface area contributed by atoms with Crippen molar-refractivity contribution in [2.45, 2.75) is 6.18 Å². The lowest BCUT2D eigenvalue weighted by molar-refractivity contribution is -0.137. The Balaban J connectivity index is 2.01. The van der Waals surface area contributed by atoms with Crippen molar-refractivity contribution < 1.29 is 32.6 Å². The molecule has 2 aromatic carbocycles. The fraction of sp³-hybridized carbons (Fsp3) is 0.125. The van der Waals surface area contributed by atoms with Crippen molar-refractivity contribution in [2.24, 2.45) is 0 Å². The average molecular weight is 339 g/mol. The van der Waals surface area contributed by atoms with Crippen LogP contribution >= 0.6 is 0 Å². The quantitative estimate of drug-likeness (QED) is 0.875. The van der Waals surface area contributed by atoms with Crippen LogP contribution in [0, 0.1) is 0 Å². The minimum Gasteiger partial charge on any atom is -0.483 e. The summed E-state index contributed by atoms with van der Waals surface area (Å²) in [4.78, 5) is 22.8. The number of anilines is 1. The molecule has 8 heteroatoms. The van der Waals surface area contributed by atoms with Crippen LogP contribution in [0.1, 0.15) is 15.9 Å². The number of carbonyl (C=O) groups excluding carboxylic acids is 1. The predicted octanol–water partition coefficient (Wildman–Crippen LogP) is 3.42. The maximum atomic E-state index is 12.6. The number of hydrogen-bond acceptors (Lipinski definition) is 3. The van der Waals surface area contributed by atoms with Gasteiger partial charge in [-0.25, -0.2) is 4.79 Å². The number of rotatable bonds is 5. The number of amides is 1. The highest BCUT2D eigenvalue weighted by atomic mass is 19.4. The van der Waals surface area contributed by atoms with E-state index in [1.807, 2.05) is 0 Å². The number of alkyl halides is 3. The van der Waals surface area contributed by atoms with Crippen molar-refractivity contribution in [2.75, 3.05) is 11.9 Å². The van der Waals surface area contributed by atoms with Crippen LogP contribution in [-0.2, 0) is 11.0 Å². The predicted molar refractivity (Wildman–Crippen MR) is 79.0 cm³/mol.